The SMILES string of the molecule is O=C(CNC(=O)c1cccc(Br)c1)NCc1ccc(N2CCCC2=O)cc1. The van der Waals surface area contributed by atoms with Crippen LogP contribution in [-0.4, -0.2) is 30.8 Å². The molecule has 27 heavy (non-hydrogen) atoms. The van der Waals surface area contributed by atoms with Crippen molar-refractivity contribution in [3.05, 3.63) is 64.1 Å². The fraction of sp³-hybridized carbons (Fsp3) is 0.250. The summed E-state index contributed by atoms with van der Waals surface area (Å²) in [5.74, 6) is -0.416. The first-order valence-electron chi connectivity index (χ1n) is 8.73. The second-order valence-corrected chi connectivity index (χ2v) is 7.20. The molecule has 0 atom stereocenters. The highest BCUT2D eigenvalue weighted by Gasteiger charge is 2.21. The third-order valence-electron chi connectivity index (χ3n) is 4.31. The Kier molecular flexibility index (Phi) is 6.24. The van der Waals surface area contributed by atoms with Gasteiger partial charge in [0.25, 0.3) is 5.91 Å². The Morgan fingerprint density at radius 3 is 2.52 bits per heavy atom. The first-order valence-corrected chi connectivity index (χ1v) is 9.52. The summed E-state index contributed by atoms with van der Waals surface area (Å²) in [6, 6.07) is 14.5. The number of amides is 3. The smallest absolute Gasteiger partial charge is 0.251 e. The fourth-order valence-corrected chi connectivity index (χ4v) is 3.27. The number of hydrogen-bond acceptors (Lipinski definition) is 3. The number of nitrogens with zero attached hydrogens (tertiary/aromatic N) is 1. The number of benzene rings is 2. The van der Waals surface area contributed by atoms with E-state index < -0.39 is 0 Å². The number of anilines is 1. The van der Waals surface area contributed by atoms with Gasteiger partial charge in [-0.3, -0.25) is 14.4 Å². The van der Waals surface area contributed by atoms with Crippen molar-refractivity contribution < 1.29 is 14.4 Å². The minimum absolute atomic E-state index is 0.0916. The summed E-state index contributed by atoms with van der Waals surface area (Å²) in [7, 11) is 0. The molecule has 0 bridgehead atoms. The molecule has 0 aliphatic carbocycles. The first-order chi connectivity index (χ1) is 13.0. The lowest BCUT2D eigenvalue weighted by atomic mass is 10.2. The largest absolute Gasteiger partial charge is 0.350 e. The van der Waals surface area contributed by atoms with Crippen molar-refractivity contribution in [2.45, 2.75) is 19.4 Å². The van der Waals surface area contributed by atoms with Crippen molar-refractivity contribution in [1.82, 2.24) is 10.6 Å². The summed E-state index contributed by atoms with van der Waals surface area (Å²) in [5.41, 5.74) is 2.30. The van der Waals surface area contributed by atoms with Crippen LogP contribution >= 0.6 is 15.9 Å². The molecule has 1 heterocycles. The summed E-state index contributed by atoms with van der Waals surface area (Å²) >= 11 is 3.31. The van der Waals surface area contributed by atoms with Crippen molar-refractivity contribution in [2.75, 3.05) is 18.0 Å². The summed E-state index contributed by atoms with van der Waals surface area (Å²) < 4.78 is 0.804. The molecule has 7 heteroatoms. The first kappa shape index (κ1) is 19.1. The lowest BCUT2D eigenvalue weighted by Gasteiger charge is -2.16. The van der Waals surface area contributed by atoms with Gasteiger partial charge >= 0.3 is 0 Å². The molecule has 0 aromatic heterocycles. The Morgan fingerprint density at radius 1 is 1.07 bits per heavy atom. The van der Waals surface area contributed by atoms with Crippen LogP contribution in [0.3, 0.4) is 0 Å². The number of carbonyl (C=O) groups excluding carboxylic acids is 3. The van der Waals surface area contributed by atoms with Gasteiger partial charge in [0.2, 0.25) is 11.8 Å². The maximum Gasteiger partial charge on any atom is 0.251 e. The number of halogens is 1. The maximum absolute atomic E-state index is 12.0. The van der Waals surface area contributed by atoms with Gasteiger partial charge in [-0.2, -0.15) is 0 Å². The van der Waals surface area contributed by atoms with Crippen molar-refractivity contribution in [1.29, 1.82) is 0 Å². The minimum Gasteiger partial charge on any atom is -0.350 e. The number of hydrogen-bond donors (Lipinski definition) is 2. The van der Waals surface area contributed by atoms with Gasteiger partial charge in [0, 0.05) is 35.2 Å². The predicted molar refractivity (Wildman–Crippen MR) is 106 cm³/mol. The van der Waals surface area contributed by atoms with Gasteiger partial charge in [-0.25, -0.2) is 0 Å². The van der Waals surface area contributed by atoms with Crippen LogP contribution in [0, 0.1) is 0 Å². The topological polar surface area (TPSA) is 78.5 Å². The third kappa shape index (κ3) is 5.17. The molecule has 1 fully saturated rings. The molecule has 2 aromatic carbocycles. The molecule has 3 amide bonds. The average Bonchev–Trinajstić information content (AvgIpc) is 3.10. The summed E-state index contributed by atoms with van der Waals surface area (Å²) in [6.45, 7) is 1.03. The second kappa shape index (κ2) is 8.81. The maximum atomic E-state index is 12.0. The lowest BCUT2D eigenvalue weighted by Crippen LogP contribution is -2.36. The van der Waals surface area contributed by atoms with E-state index in [1.165, 1.54) is 0 Å². The van der Waals surface area contributed by atoms with Crippen molar-refractivity contribution in [3.8, 4) is 0 Å². The number of nitrogens with one attached hydrogen (secondary N) is 2. The molecular weight excluding hydrogens is 410 g/mol. The van der Waals surface area contributed by atoms with E-state index in [0.29, 0.717) is 18.5 Å². The second-order valence-electron chi connectivity index (χ2n) is 6.29. The molecule has 0 radical (unpaired) electrons. The van der Waals surface area contributed by atoms with Gasteiger partial charge in [0.1, 0.15) is 0 Å². The fourth-order valence-electron chi connectivity index (χ4n) is 2.87. The molecule has 1 aliphatic rings. The van der Waals surface area contributed by atoms with Crippen LogP contribution in [-0.2, 0) is 16.1 Å². The van der Waals surface area contributed by atoms with Gasteiger partial charge in [0.15, 0.2) is 0 Å². The Morgan fingerprint density at radius 2 is 1.85 bits per heavy atom. The summed E-state index contributed by atoms with van der Waals surface area (Å²) in [6.07, 6.45) is 1.49. The van der Waals surface area contributed by atoms with Crippen LogP contribution in [0.25, 0.3) is 0 Å². The summed E-state index contributed by atoms with van der Waals surface area (Å²) in [4.78, 5) is 37.5. The van der Waals surface area contributed by atoms with Crippen LogP contribution in [0.1, 0.15) is 28.8 Å². The van der Waals surface area contributed by atoms with Gasteiger partial charge in [0.05, 0.1) is 6.54 Å². The minimum atomic E-state index is -0.300. The average molecular weight is 430 g/mol. The lowest BCUT2D eigenvalue weighted by molar-refractivity contribution is -0.120. The molecule has 1 saturated heterocycles. The zero-order chi connectivity index (χ0) is 19.2. The van der Waals surface area contributed by atoms with Gasteiger partial charge in [-0.1, -0.05) is 34.1 Å². The van der Waals surface area contributed by atoms with Crippen molar-refractivity contribution in [2.24, 2.45) is 0 Å². The van der Waals surface area contributed by atoms with Crippen LogP contribution in [0.5, 0.6) is 0 Å². The van der Waals surface area contributed by atoms with Gasteiger partial charge in [-0.15, -0.1) is 0 Å². The third-order valence-corrected chi connectivity index (χ3v) is 4.80. The molecule has 140 valence electrons. The molecule has 2 aromatic rings. The molecule has 3 rings (SSSR count). The van der Waals surface area contributed by atoms with E-state index in [4.69, 9.17) is 0 Å². The normalized spacial score (nSPS) is 13.5. The Balaban J connectivity index is 1.45. The summed E-state index contributed by atoms with van der Waals surface area (Å²) in [5, 5.41) is 5.37. The zero-order valence-corrected chi connectivity index (χ0v) is 16.3. The van der Waals surface area contributed by atoms with Crippen LogP contribution in [0.4, 0.5) is 5.69 Å². The highest BCUT2D eigenvalue weighted by atomic mass is 79.9. The molecule has 0 unspecified atom stereocenters. The molecule has 6 nitrogen and oxygen atoms in total. The van der Waals surface area contributed by atoms with E-state index in [-0.39, 0.29) is 24.3 Å². The van der Waals surface area contributed by atoms with Crippen molar-refractivity contribution >= 4 is 39.3 Å². The van der Waals surface area contributed by atoms with Crippen LogP contribution < -0.4 is 15.5 Å². The number of carbonyl (C=O) groups is 3. The Bertz CT molecular complexity index is 852. The molecule has 1 aliphatic heterocycles. The highest BCUT2D eigenvalue weighted by molar-refractivity contribution is 9.10. The van der Waals surface area contributed by atoms with Crippen molar-refractivity contribution in [3.63, 3.8) is 0 Å². The Hall–Kier alpha value is -2.67. The highest BCUT2D eigenvalue weighted by Crippen LogP contribution is 2.21. The van der Waals surface area contributed by atoms with E-state index >= 15 is 0 Å². The number of rotatable bonds is 6. The van der Waals surface area contributed by atoms with Gasteiger partial charge in [-0.05, 0) is 42.3 Å². The van der Waals surface area contributed by atoms with E-state index in [1.54, 1.807) is 23.1 Å². The zero-order valence-electron chi connectivity index (χ0n) is 14.7. The predicted octanol–water partition coefficient (Wildman–Crippen LogP) is 2.62. The van der Waals surface area contributed by atoms with Crippen LogP contribution in [0.15, 0.2) is 53.0 Å². The van der Waals surface area contributed by atoms with Crippen LogP contribution in [0.2, 0.25) is 0 Å². The standard InChI is InChI=1S/C20H20BrN3O3/c21-16-4-1-3-15(11-16)20(27)23-13-18(25)22-12-14-6-8-17(9-7-14)24-10-2-5-19(24)26/h1,3-4,6-9,11H,2,5,10,12-13H2,(H,22,25)(H,23,27). The van der Waals surface area contributed by atoms with E-state index in [9.17, 15) is 14.4 Å². The quantitative estimate of drug-likeness (QED) is 0.740. The Labute approximate surface area is 166 Å². The van der Waals surface area contributed by atoms with E-state index in [0.717, 1.165) is 28.7 Å². The monoisotopic (exact) mass is 429 g/mol. The van der Waals surface area contributed by atoms with Gasteiger partial charge < -0.3 is 15.5 Å². The van der Waals surface area contributed by atoms with E-state index in [1.807, 2.05) is 30.3 Å². The molecule has 2 N–H and O–H groups in total. The molecular formula is C20H20BrN3O3. The van der Waals surface area contributed by atoms with E-state index in [2.05, 4.69) is 26.6 Å². The molecule has 0 spiro atoms. The molecule has 0 saturated carbocycles.